The van der Waals surface area contributed by atoms with Gasteiger partial charge in [0, 0.05) is 26.2 Å². The van der Waals surface area contributed by atoms with Crippen LogP contribution >= 0.6 is 24.8 Å². The minimum atomic E-state index is 0. The second-order valence-electron chi connectivity index (χ2n) is 3.00. The number of rotatable bonds is 0. The van der Waals surface area contributed by atoms with Crippen LogP contribution in [0, 0.1) is 64.3 Å². The molecular weight excluding hydrogens is 416 g/mol. The molecule has 24 heavy (non-hydrogen) atoms. The van der Waals surface area contributed by atoms with E-state index in [9.17, 15) is 0 Å². The van der Waals surface area contributed by atoms with Gasteiger partial charge in [-0.2, -0.15) is 17.5 Å². The monoisotopic (exact) mass is 448 g/mol. The van der Waals surface area contributed by atoms with Crippen molar-refractivity contribution >= 4 is 35.7 Å². The Kier molecular flexibility index (Phi) is 80.3. The number of fused-ring (bicyclic) bond motifs is 1. The quantitative estimate of drug-likeness (QED) is 0.406. The van der Waals surface area contributed by atoms with Crippen molar-refractivity contribution in [2.24, 2.45) is 0 Å². The maximum absolute atomic E-state index is 2.99. The number of halogens is 2. The summed E-state index contributed by atoms with van der Waals surface area (Å²) in [5.74, 6) is 0. The number of aromatic nitrogens is 1. The minimum Gasteiger partial charge on any atom is -0.477 e. The Bertz CT molecular complexity index is 425. The standard InChI is InChI=1S/C8H6N.C5H5.7CH3.2ClH.Zr/c1-2-4-8-7(3-1)5-6-9-8;1-2-4-5-3-1;;;;;;;;;;/h1-5,9H;1-3H,4H2;7*1H3;2*1H;/q9*-1;;;. The van der Waals surface area contributed by atoms with Gasteiger partial charge in [0.2, 0.25) is 0 Å². The van der Waals surface area contributed by atoms with Gasteiger partial charge in [0.15, 0.2) is 0 Å². The SMILES string of the molecule is Cl.Cl.[C-]1=CC=CC1.[CH3-].[CH3-].[CH3-].[CH3-].[CH3-].[CH3-].[CH3-].[Zr].[c-]1cc2ccccc2[nH]1. The van der Waals surface area contributed by atoms with Crippen molar-refractivity contribution in [3.63, 3.8) is 0 Å². The van der Waals surface area contributed by atoms with Crippen molar-refractivity contribution in [3.8, 4) is 0 Å². The van der Waals surface area contributed by atoms with E-state index in [0.717, 1.165) is 11.9 Å². The van der Waals surface area contributed by atoms with Crippen LogP contribution in [-0.4, -0.2) is 4.98 Å². The molecule has 1 nitrogen and oxygen atoms in total. The van der Waals surface area contributed by atoms with E-state index in [1.165, 1.54) is 5.39 Å². The molecule has 0 bridgehead atoms. The van der Waals surface area contributed by atoms with Gasteiger partial charge in [-0.05, 0) is 0 Å². The van der Waals surface area contributed by atoms with Crippen LogP contribution in [0.5, 0.6) is 0 Å². The predicted molar refractivity (Wildman–Crippen MR) is 118 cm³/mol. The Labute approximate surface area is 185 Å². The minimum absolute atomic E-state index is 0. The second kappa shape index (κ2) is 34.1. The third-order valence-electron chi connectivity index (χ3n) is 1.98. The van der Waals surface area contributed by atoms with E-state index in [-0.39, 0.29) is 103 Å². The molecule has 0 amide bonds. The van der Waals surface area contributed by atoms with Gasteiger partial charge in [0.05, 0.1) is 0 Å². The molecule has 1 aromatic carbocycles. The number of para-hydroxylation sites is 1. The van der Waals surface area contributed by atoms with Gasteiger partial charge in [-0.3, -0.25) is 6.08 Å². The fraction of sp³-hybridized carbons (Fsp3) is 0.0500. The summed E-state index contributed by atoms with van der Waals surface area (Å²) in [6, 6.07) is 10.1. The molecule has 3 rings (SSSR count). The molecule has 0 saturated heterocycles. The van der Waals surface area contributed by atoms with Crippen molar-refractivity contribution in [2.45, 2.75) is 6.42 Å². The van der Waals surface area contributed by atoms with Gasteiger partial charge in [-0.25, -0.2) is 12.2 Å². The van der Waals surface area contributed by atoms with Crippen LogP contribution in [0.1, 0.15) is 6.42 Å². The number of benzene rings is 1. The van der Waals surface area contributed by atoms with Gasteiger partial charge in [0.1, 0.15) is 0 Å². The van der Waals surface area contributed by atoms with E-state index in [2.05, 4.69) is 29.4 Å². The molecule has 0 unspecified atom stereocenters. The third-order valence-corrected chi connectivity index (χ3v) is 1.98. The summed E-state index contributed by atoms with van der Waals surface area (Å²) in [5.41, 5.74) is 1.15. The summed E-state index contributed by atoms with van der Waals surface area (Å²) in [6.07, 6.45) is 12.9. The number of allylic oxidation sites excluding steroid dienone is 4. The van der Waals surface area contributed by atoms with Gasteiger partial charge < -0.3 is 57.0 Å². The van der Waals surface area contributed by atoms with Gasteiger partial charge in [-0.15, -0.1) is 55.1 Å². The largest absolute Gasteiger partial charge is 0.477 e. The molecule has 1 aromatic heterocycles. The van der Waals surface area contributed by atoms with Gasteiger partial charge in [0.25, 0.3) is 0 Å². The maximum atomic E-state index is 2.99. The Hall–Kier alpha value is -0.297. The Balaban J connectivity index is -0.0000000199. The predicted octanol–water partition coefficient (Wildman–Crippen LogP) is 7.27. The van der Waals surface area contributed by atoms with Crippen molar-refractivity contribution in [1.29, 1.82) is 0 Å². The molecule has 0 atom stereocenters. The van der Waals surface area contributed by atoms with E-state index < -0.39 is 0 Å². The first-order chi connectivity index (χ1) is 6.97. The van der Waals surface area contributed by atoms with Crippen molar-refractivity contribution in [3.05, 3.63) is 113 Å². The van der Waals surface area contributed by atoms with E-state index in [1.807, 2.05) is 36.4 Å². The fourth-order valence-corrected chi connectivity index (χ4v) is 1.27. The molecule has 0 radical (unpaired) electrons. The first-order valence-electron chi connectivity index (χ1n) is 4.62. The van der Waals surface area contributed by atoms with E-state index in [1.54, 1.807) is 0 Å². The molecule has 0 fully saturated rings. The van der Waals surface area contributed by atoms with Crippen LogP contribution in [-0.2, 0) is 26.2 Å². The third kappa shape index (κ3) is 19.7. The average Bonchev–Trinajstić information content (AvgIpc) is 2.92. The summed E-state index contributed by atoms with van der Waals surface area (Å²) in [6.45, 7) is 0. The normalized spacial score (nSPS) is 7.50. The summed E-state index contributed by atoms with van der Waals surface area (Å²) >= 11 is 0. The fourth-order valence-electron chi connectivity index (χ4n) is 1.27. The van der Waals surface area contributed by atoms with Crippen molar-refractivity contribution in [1.82, 2.24) is 4.98 Å². The zero-order valence-electron chi connectivity index (χ0n) is 16.1. The Morgan fingerprint density at radius 2 is 1.38 bits per heavy atom. The number of hydrogen-bond acceptors (Lipinski definition) is 0. The van der Waals surface area contributed by atoms with Crippen molar-refractivity contribution in [2.75, 3.05) is 0 Å². The summed E-state index contributed by atoms with van der Waals surface area (Å²) < 4.78 is 0. The summed E-state index contributed by atoms with van der Waals surface area (Å²) in [5, 5.41) is 1.22. The second-order valence-corrected chi connectivity index (χ2v) is 3.00. The van der Waals surface area contributed by atoms with E-state index in [0.29, 0.717) is 0 Å². The van der Waals surface area contributed by atoms with Crippen LogP contribution < -0.4 is 0 Å². The van der Waals surface area contributed by atoms with Crippen LogP contribution in [0.25, 0.3) is 10.9 Å². The molecule has 0 aliphatic heterocycles. The Morgan fingerprint density at radius 3 is 1.75 bits per heavy atom. The van der Waals surface area contributed by atoms with Crippen LogP contribution in [0.4, 0.5) is 0 Å². The van der Waals surface area contributed by atoms with E-state index in [4.69, 9.17) is 0 Å². The zero-order valence-corrected chi connectivity index (χ0v) is 20.2. The maximum Gasteiger partial charge on any atom is 0 e. The molecule has 0 spiro atoms. The molecule has 0 saturated carbocycles. The zero-order chi connectivity index (χ0) is 9.64. The summed E-state index contributed by atoms with van der Waals surface area (Å²) in [4.78, 5) is 2.99. The van der Waals surface area contributed by atoms with Gasteiger partial charge >= 0.3 is 0 Å². The smallest absolute Gasteiger partial charge is 0 e. The number of H-pyrrole nitrogens is 1. The molecule has 4 heteroatoms. The number of aromatic amines is 1. The molecule has 1 aliphatic carbocycles. The van der Waals surface area contributed by atoms with Crippen LogP contribution in [0.15, 0.2) is 48.6 Å². The van der Waals surface area contributed by atoms with Crippen molar-refractivity contribution < 1.29 is 26.2 Å². The summed E-state index contributed by atoms with van der Waals surface area (Å²) in [7, 11) is 0. The van der Waals surface area contributed by atoms with Gasteiger partial charge in [-0.1, -0.05) is 12.1 Å². The first kappa shape index (κ1) is 56.5. The number of hydrogen-bond donors (Lipinski definition) is 1. The molecule has 1 aliphatic rings. The van der Waals surface area contributed by atoms with Crippen LogP contribution in [0.2, 0.25) is 0 Å². The topological polar surface area (TPSA) is 15.8 Å². The first-order valence-corrected chi connectivity index (χ1v) is 4.62. The van der Waals surface area contributed by atoms with Crippen LogP contribution in [0.3, 0.4) is 0 Å². The molecule has 2 aromatic rings. The Morgan fingerprint density at radius 1 is 0.833 bits per heavy atom. The molecule has 1 heterocycles. The molecule has 1 N–H and O–H groups in total. The van der Waals surface area contributed by atoms with E-state index >= 15 is 0 Å². The number of nitrogens with one attached hydrogen (secondary N) is 1. The molecule has 146 valence electrons. The average molecular weight is 451 g/mol. The molecular formula is C20H34Cl2NZr-9.